The number of hydrogen-bond acceptors (Lipinski definition) is 4. The van der Waals surface area contributed by atoms with Crippen LogP contribution in [-0.2, 0) is 14.3 Å². The molecule has 3 aromatic carbocycles. The molecule has 1 fully saturated rings. The second-order valence-electron chi connectivity index (χ2n) is 8.94. The lowest BCUT2D eigenvalue weighted by Crippen LogP contribution is -2.47. The van der Waals surface area contributed by atoms with E-state index >= 15 is 0 Å². The number of nitrogens with zero attached hydrogens (tertiary/aromatic N) is 1. The summed E-state index contributed by atoms with van der Waals surface area (Å²) >= 11 is 0. The SMILES string of the molecule is CC(C)(C)OC(=O)[C@@H]1CN(c2ccccc2)C(=O)[C@@H]1NC(=O)c1ccc2ccccc2c1. The Balaban J connectivity index is 1.62. The number of amides is 2. The number of nitrogens with one attached hydrogen (secondary N) is 1. The molecule has 32 heavy (non-hydrogen) atoms. The van der Waals surface area contributed by atoms with Crippen molar-refractivity contribution in [1.82, 2.24) is 5.32 Å². The molecular formula is C26H26N2O4. The number of hydrogen-bond donors (Lipinski definition) is 1. The Labute approximate surface area is 187 Å². The number of carbonyl (C=O) groups excluding carboxylic acids is 3. The van der Waals surface area contributed by atoms with Crippen LogP contribution in [0.5, 0.6) is 0 Å². The molecule has 1 heterocycles. The van der Waals surface area contributed by atoms with E-state index in [1.807, 2.05) is 48.5 Å². The molecule has 0 unspecified atom stereocenters. The number of esters is 1. The van der Waals surface area contributed by atoms with Crippen molar-refractivity contribution in [3.63, 3.8) is 0 Å². The second-order valence-corrected chi connectivity index (χ2v) is 8.94. The van der Waals surface area contributed by atoms with Gasteiger partial charge in [-0.1, -0.05) is 48.5 Å². The Hall–Kier alpha value is -3.67. The van der Waals surface area contributed by atoms with Gasteiger partial charge in [-0.2, -0.15) is 0 Å². The van der Waals surface area contributed by atoms with E-state index in [1.165, 1.54) is 4.90 Å². The molecule has 0 bridgehead atoms. The number of ether oxygens (including phenoxy) is 1. The molecule has 0 aromatic heterocycles. The molecule has 6 heteroatoms. The monoisotopic (exact) mass is 430 g/mol. The van der Waals surface area contributed by atoms with E-state index in [1.54, 1.807) is 45.0 Å². The summed E-state index contributed by atoms with van der Waals surface area (Å²) in [6.07, 6.45) is 0. The maximum Gasteiger partial charge on any atom is 0.313 e. The van der Waals surface area contributed by atoms with Gasteiger partial charge in [-0.3, -0.25) is 14.4 Å². The van der Waals surface area contributed by atoms with E-state index < -0.39 is 29.4 Å². The van der Waals surface area contributed by atoms with Gasteiger partial charge >= 0.3 is 5.97 Å². The minimum atomic E-state index is -1.01. The normalized spacial score (nSPS) is 18.6. The summed E-state index contributed by atoms with van der Waals surface area (Å²) in [6, 6.07) is 21.2. The first-order valence-corrected chi connectivity index (χ1v) is 10.6. The molecule has 3 aromatic rings. The highest BCUT2D eigenvalue weighted by atomic mass is 16.6. The molecule has 1 aliphatic heterocycles. The van der Waals surface area contributed by atoms with Crippen LogP contribution in [-0.4, -0.2) is 36.0 Å². The van der Waals surface area contributed by atoms with Gasteiger partial charge in [-0.05, 0) is 55.8 Å². The molecule has 2 amide bonds. The molecular weight excluding hydrogens is 404 g/mol. The summed E-state index contributed by atoms with van der Waals surface area (Å²) in [5.41, 5.74) is 0.402. The summed E-state index contributed by atoms with van der Waals surface area (Å²) < 4.78 is 5.56. The fraction of sp³-hybridized carbons (Fsp3) is 0.269. The number of carbonyl (C=O) groups is 3. The molecule has 1 N–H and O–H groups in total. The average molecular weight is 431 g/mol. The van der Waals surface area contributed by atoms with Crippen LogP contribution < -0.4 is 10.2 Å². The van der Waals surface area contributed by atoms with E-state index in [4.69, 9.17) is 4.74 Å². The minimum Gasteiger partial charge on any atom is -0.460 e. The molecule has 1 saturated heterocycles. The first-order valence-electron chi connectivity index (χ1n) is 10.6. The van der Waals surface area contributed by atoms with Gasteiger partial charge in [0.15, 0.2) is 0 Å². The number of rotatable bonds is 4. The first kappa shape index (κ1) is 21.6. The molecule has 0 aliphatic carbocycles. The molecule has 6 nitrogen and oxygen atoms in total. The van der Waals surface area contributed by atoms with E-state index in [0.29, 0.717) is 11.3 Å². The Morgan fingerprint density at radius 2 is 1.59 bits per heavy atom. The van der Waals surface area contributed by atoms with Gasteiger partial charge in [0.2, 0.25) is 0 Å². The van der Waals surface area contributed by atoms with Crippen LogP contribution in [0.15, 0.2) is 72.8 Å². The lowest BCUT2D eigenvalue weighted by atomic mass is 10.0. The van der Waals surface area contributed by atoms with Crippen molar-refractivity contribution in [2.75, 3.05) is 11.4 Å². The van der Waals surface area contributed by atoms with Crippen LogP contribution in [0.4, 0.5) is 5.69 Å². The third-order valence-corrected chi connectivity index (χ3v) is 5.39. The highest BCUT2D eigenvalue weighted by Crippen LogP contribution is 2.28. The van der Waals surface area contributed by atoms with E-state index in [0.717, 1.165) is 10.8 Å². The van der Waals surface area contributed by atoms with Crippen molar-refractivity contribution >= 4 is 34.2 Å². The Kier molecular flexibility index (Phi) is 5.70. The fourth-order valence-electron chi connectivity index (χ4n) is 3.88. The first-order chi connectivity index (χ1) is 15.2. The number of benzene rings is 3. The summed E-state index contributed by atoms with van der Waals surface area (Å²) in [6.45, 7) is 5.47. The van der Waals surface area contributed by atoms with Gasteiger partial charge in [-0.25, -0.2) is 0 Å². The molecule has 2 atom stereocenters. The molecule has 0 saturated carbocycles. The zero-order valence-electron chi connectivity index (χ0n) is 18.4. The van der Waals surface area contributed by atoms with Crippen molar-refractivity contribution in [3.05, 3.63) is 78.4 Å². The van der Waals surface area contributed by atoms with Crippen molar-refractivity contribution in [2.45, 2.75) is 32.4 Å². The quantitative estimate of drug-likeness (QED) is 0.636. The zero-order valence-corrected chi connectivity index (χ0v) is 18.4. The number of anilines is 1. The number of fused-ring (bicyclic) bond motifs is 1. The minimum absolute atomic E-state index is 0.139. The molecule has 1 aliphatic rings. The van der Waals surface area contributed by atoms with Gasteiger partial charge in [0, 0.05) is 17.8 Å². The predicted octanol–water partition coefficient (Wildman–Crippen LogP) is 3.94. The highest BCUT2D eigenvalue weighted by Gasteiger charge is 2.47. The summed E-state index contributed by atoms with van der Waals surface area (Å²) in [4.78, 5) is 40.8. The number of para-hydroxylation sites is 1. The molecule has 0 radical (unpaired) electrons. The zero-order chi connectivity index (χ0) is 22.9. The van der Waals surface area contributed by atoms with Crippen molar-refractivity contribution in [3.8, 4) is 0 Å². The third-order valence-electron chi connectivity index (χ3n) is 5.39. The fourth-order valence-corrected chi connectivity index (χ4v) is 3.88. The maximum atomic E-state index is 13.3. The third kappa shape index (κ3) is 4.49. The Morgan fingerprint density at radius 1 is 0.938 bits per heavy atom. The molecule has 4 rings (SSSR count). The molecule has 164 valence electrons. The van der Waals surface area contributed by atoms with Gasteiger partial charge in [0.1, 0.15) is 17.6 Å². The topological polar surface area (TPSA) is 75.7 Å². The van der Waals surface area contributed by atoms with Crippen LogP contribution in [0.1, 0.15) is 31.1 Å². The lowest BCUT2D eigenvalue weighted by Gasteiger charge is -2.24. The van der Waals surface area contributed by atoms with E-state index in [-0.39, 0.29) is 12.5 Å². The predicted molar refractivity (Wildman–Crippen MR) is 123 cm³/mol. The smallest absolute Gasteiger partial charge is 0.313 e. The lowest BCUT2D eigenvalue weighted by molar-refractivity contribution is -0.160. The largest absolute Gasteiger partial charge is 0.460 e. The maximum absolute atomic E-state index is 13.3. The van der Waals surface area contributed by atoms with Crippen molar-refractivity contribution in [2.24, 2.45) is 5.92 Å². The summed E-state index contributed by atoms with van der Waals surface area (Å²) in [5, 5.41) is 4.74. The molecule has 0 spiro atoms. The van der Waals surface area contributed by atoms with Crippen LogP contribution in [0, 0.1) is 5.92 Å². The van der Waals surface area contributed by atoms with Crippen molar-refractivity contribution < 1.29 is 19.1 Å². The summed E-state index contributed by atoms with van der Waals surface area (Å²) in [7, 11) is 0. The average Bonchev–Trinajstić information content (AvgIpc) is 3.09. The van der Waals surface area contributed by atoms with E-state index in [9.17, 15) is 14.4 Å². The summed E-state index contributed by atoms with van der Waals surface area (Å²) in [5.74, 6) is -2.06. The highest BCUT2D eigenvalue weighted by molar-refractivity contribution is 6.07. The Morgan fingerprint density at radius 3 is 2.28 bits per heavy atom. The van der Waals surface area contributed by atoms with Crippen LogP contribution in [0.3, 0.4) is 0 Å². The van der Waals surface area contributed by atoms with Gasteiger partial charge in [0.05, 0.1) is 0 Å². The van der Waals surface area contributed by atoms with Crippen LogP contribution >= 0.6 is 0 Å². The van der Waals surface area contributed by atoms with E-state index in [2.05, 4.69) is 5.32 Å². The standard InChI is InChI=1S/C26H26N2O4/c1-26(2,3)32-25(31)21-16-28(20-11-5-4-6-12-20)24(30)22(21)27-23(29)19-14-13-17-9-7-8-10-18(17)15-19/h4-15,21-22H,16H2,1-3H3,(H,27,29)/t21-,22-/m1/s1. The van der Waals surface area contributed by atoms with Crippen LogP contribution in [0.25, 0.3) is 10.8 Å². The van der Waals surface area contributed by atoms with Gasteiger partial charge in [-0.15, -0.1) is 0 Å². The van der Waals surface area contributed by atoms with Crippen LogP contribution in [0.2, 0.25) is 0 Å². The van der Waals surface area contributed by atoms with Gasteiger partial charge in [0.25, 0.3) is 11.8 Å². The van der Waals surface area contributed by atoms with Crippen molar-refractivity contribution in [1.29, 1.82) is 0 Å². The Bertz CT molecular complexity index is 1170. The van der Waals surface area contributed by atoms with Gasteiger partial charge < -0.3 is 15.0 Å². The second kappa shape index (κ2) is 8.46.